The molecule has 0 aromatic heterocycles. The molecule has 1 nitrogen and oxygen atoms in total. The van der Waals surface area contributed by atoms with Crippen LogP contribution in [-0.2, 0) is 0 Å². The van der Waals surface area contributed by atoms with Crippen LogP contribution in [0.2, 0.25) is 0 Å². The van der Waals surface area contributed by atoms with Gasteiger partial charge in [-0.05, 0) is 31.5 Å². The van der Waals surface area contributed by atoms with Gasteiger partial charge in [-0.1, -0.05) is 57.5 Å². The highest BCUT2D eigenvalue weighted by atomic mass is 15.1. The van der Waals surface area contributed by atoms with Crippen LogP contribution in [0.3, 0.4) is 0 Å². The Labute approximate surface area is 100 Å². The third kappa shape index (κ3) is 3.08. The van der Waals surface area contributed by atoms with E-state index in [0.29, 0.717) is 6.04 Å². The Morgan fingerprint density at radius 3 is 2.00 bits per heavy atom. The number of hydrogen-bond donors (Lipinski definition) is 0. The van der Waals surface area contributed by atoms with E-state index in [9.17, 15) is 0 Å². The first-order valence-electron chi connectivity index (χ1n) is 6.29. The second kappa shape index (κ2) is 6.05. The molecule has 0 radical (unpaired) electrons. The third-order valence-electron chi connectivity index (χ3n) is 3.43. The molecule has 0 saturated heterocycles. The first-order valence-corrected chi connectivity index (χ1v) is 6.29. The van der Waals surface area contributed by atoms with Crippen molar-refractivity contribution in [3.05, 3.63) is 35.9 Å². The molecule has 0 amide bonds. The summed E-state index contributed by atoms with van der Waals surface area (Å²) in [7, 11) is 4.37. The van der Waals surface area contributed by atoms with E-state index in [1.165, 1.54) is 12.0 Å². The molecule has 0 aliphatic carbocycles. The average molecular weight is 219 g/mol. The van der Waals surface area contributed by atoms with Crippen LogP contribution < -0.4 is 0 Å². The molecule has 1 rings (SSSR count). The Bertz CT molecular complexity index is 290. The molecular formula is C15H25N. The molecule has 0 saturated carbocycles. The zero-order valence-corrected chi connectivity index (χ0v) is 11.3. The van der Waals surface area contributed by atoms with Gasteiger partial charge in [-0.25, -0.2) is 0 Å². The molecule has 1 heteroatoms. The van der Waals surface area contributed by atoms with Gasteiger partial charge in [-0.2, -0.15) is 0 Å². The molecule has 16 heavy (non-hydrogen) atoms. The molecule has 0 N–H and O–H groups in total. The highest BCUT2D eigenvalue weighted by Gasteiger charge is 2.25. The van der Waals surface area contributed by atoms with Crippen molar-refractivity contribution in [2.45, 2.75) is 33.2 Å². The summed E-state index contributed by atoms with van der Waals surface area (Å²) in [4.78, 5) is 2.35. The van der Waals surface area contributed by atoms with Crippen molar-refractivity contribution in [1.29, 1.82) is 0 Å². The number of hydrogen-bond acceptors (Lipinski definition) is 1. The Morgan fingerprint density at radius 2 is 1.62 bits per heavy atom. The van der Waals surface area contributed by atoms with Crippen molar-refractivity contribution in [2.24, 2.45) is 11.8 Å². The van der Waals surface area contributed by atoms with Crippen LogP contribution in [0, 0.1) is 11.8 Å². The maximum absolute atomic E-state index is 2.35. The van der Waals surface area contributed by atoms with E-state index < -0.39 is 0 Å². The van der Waals surface area contributed by atoms with Gasteiger partial charge in [0.1, 0.15) is 0 Å². The van der Waals surface area contributed by atoms with Crippen molar-refractivity contribution >= 4 is 0 Å². The third-order valence-corrected chi connectivity index (χ3v) is 3.43. The first kappa shape index (κ1) is 13.2. The van der Waals surface area contributed by atoms with Gasteiger partial charge in [0, 0.05) is 6.04 Å². The van der Waals surface area contributed by atoms with Crippen molar-refractivity contribution in [1.82, 2.24) is 4.90 Å². The summed E-state index contributed by atoms with van der Waals surface area (Å²) in [6.07, 6.45) is 1.23. The van der Waals surface area contributed by atoms with Crippen LogP contribution in [0.1, 0.15) is 38.8 Å². The minimum absolute atomic E-state index is 0.534. The van der Waals surface area contributed by atoms with E-state index in [2.05, 4.69) is 70.1 Å². The Kier molecular flexibility index (Phi) is 5.01. The Morgan fingerprint density at radius 1 is 1.06 bits per heavy atom. The summed E-state index contributed by atoms with van der Waals surface area (Å²) in [5.74, 6) is 1.44. The molecule has 0 bridgehead atoms. The highest BCUT2D eigenvalue weighted by molar-refractivity contribution is 5.19. The summed E-state index contributed by atoms with van der Waals surface area (Å²) >= 11 is 0. The molecule has 2 atom stereocenters. The fourth-order valence-corrected chi connectivity index (χ4v) is 2.64. The fraction of sp³-hybridized carbons (Fsp3) is 0.600. The lowest BCUT2D eigenvalue weighted by atomic mass is 9.82. The zero-order valence-electron chi connectivity index (χ0n) is 11.3. The van der Waals surface area contributed by atoms with Gasteiger partial charge >= 0.3 is 0 Å². The van der Waals surface area contributed by atoms with Gasteiger partial charge in [0.15, 0.2) is 0 Å². The SMILES string of the molecule is CC[C@H](C(C)C)[C@H](c1ccccc1)N(C)C. The summed E-state index contributed by atoms with van der Waals surface area (Å²) < 4.78 is 0. The summed E-state index contributed by atoms with van der Waals surface area (Å²) in [6, 6.07) is 11.4. The molecule has 0 aliphatic rings. The molecule has 0 aliphatic heterocycles. The minimum Gasteiger partial charge on any atom is -0.302 e. The number of nitrogens with zero attached hydrogens (tertiary/aromatic N) is 1. The van der Waals surface area contributed by atoms with Gasteiger partial charge in [-0.15, -0.1) is 0 Å². The van der Waals surface area contributed by atoms with Crippen LogP contribution >= 0.6 is 0 Å². The second-order valence-corrected chi connectivity index (χ2v) is 5.14. The van der Waals surface area contributed by atoms with Crippen LogP contribution in [-0.4, -0.2) is 19.0 Å². The minimum atomic E-state index is 0.534. The van der Waals surface area contributed by atoms with Crippen molar-refractivity contribution in [3.63, 3.8) is 0 Å². The average Bonchev–Trinajstić information content (AvgIpc) is 2.25. The monoisotopic (exact) mass is 219 g/mol. The van der Waals surface area contributed by atoms with E-state index in [1.54, 1.807) is 0 Å². The molecule has 1 aromatic rings. The van der Waals surface area contributed by atoms with Crippen molar-refractivity contribution in [2.75, 3.05) is 14.1 Å². The largest absolute Gasteiger partial charge is 0.302 e. The molecule has 1 aromatic carbocycles. The summed E-state index contributed by atoms with van der Waals surface area (Å²) in [5.41, 5.74) is 1.44. The Hall–Kier alpha value is -0.820. The van der Waals surface area contributed by atoms with E-state index in [-0.39, 0.29) is 0 Å². The van der Waals surface area contributed by atoms with E-state index in [0.717, 1.165) is 11.8 Å². The summed E-state index contributed by atoms with van der Waals surface area (Å²) in [6.45, 7) is 6.95. The predicted octanol–water partition coefficient (Wildman–Crippen LogP) is 3.97. The lowest BCUT2D eigenvalue weighted by molar-refractivity contribution is 0.166. The van der Waals surface area contributed by atoms with E-state index in [1.807, 2.05) is 0 Å². The predicted molar refractivity (Wildman–Crippen MR) is 71.5 cm³/mol. The van der Waals surface area contributed by atoms with Crippen molar-refractivity contribution in [3.8, 4) is 0 Å². The number of benzene rings is 1. The van der Waals surface area contributed by atoms with Gasteiger partial charge in [0.2, 0.25) is 0 Å². The maximum atomic E-state index is 2.35. The quantitative estimate of drug-likeness (QED) is 0.724. The highest BCUT2D eigenvalue weighted by Crippen LogP contribution is 2.33. The number of rotatable bonds is 5. The van der Waals surface area contributed by atoms with Crippen molar-refractivity contribution < 1.29 is 0 Å². The maximum Gasteiger partial charge on any atom is 0.0372 e. The summed E-state index contributed by atoms with van der Waals surface area (Å²) in [5, 5.41) is 0. The Balaban J connectivity index is 2.99. The fourth-order valence-electron chi connectivity index (χ4n) is 2.64. The van der Waals surface area contributed by atoms with Gasteiger partial charge in [-0.3, -0.25) is 0 Å². The van der Waals surface area contributed by atoms with Crippen LogP contribution in [0.5, 0.6) is 0 Å². The zero-order chi connectivity index (χ0) is 12.1. The smallest absolute Gasteiger partial charge is 0.0372 e. The molecule has 90 valence electrons. The second-order valence-electron chi connectivity index (χ2n) is 5.14. The van der Waals surface area contributed by atoms with Gasteiger partial charge < -0.3 is 4.90 Å². The van der Waals surface area contributed by atoms with Crippen LogP contribution in [0.4, 0.5) is 0 Å². The lowest BCUT2D eigenvalue weighted by Crippen LogP contribution is -2.30. The molecule has 0 heterocycles. The standard InChI is InChI=1S/C15H25N/c1-6-14(12(2)3)15(16(4)5)13-10-8-7-9-11-13/h7-12,14-15H,6H2,1-5H3/t14-,15+/m1/s1. The first-order chi connectivity index (χ1) is 7.57. The van der Waals surface area contributed by atoms with E-state index >= 15 is 0 Å². The van der Waals surface area contributed by atoms with E-state index in [4.69, 9.17) is 0 Å². The van der Waals surface area contributed by atoms with Crippen LogP contribution in [0.15, 0.2) is 30.3 Å². The van der Waals surface area contributed by atoms with Gasteiger partial charge in [0.25, 0.3) is 0 Å². The molecule has 0 fully saturated rings. The topological polar surface area (TPSA) is 3.24 Å². The lowest BCUT2D eigenvalue weighted by Gasteiger charge is -2.34. The van der Waals surface area contributed by atoms with Crippen LogP contribution in [0.25, 0.3) is 0 Å². The molecule has 0 spiro atoms. The molecule has 0 unspecified atom stereocenters. The molecular weight excluding hydrogens is 194 g/mol. The van der Waals surface area contributed by atoms with Gasteiger partial charge in [0.05, 0.1) is 0 Å². The normalized spacial score (nSPS) is 15.4.